The topological polar surface area (TPSA) is 72.2 Å². The number of nitro groups is 1. The van der Waals surface area contributed by atoms with Gasteiger partial charge in [0.25, 0.3) is 11.6 Å². The highest BCUT2D eigenvalue weighted by Gasteiger charge is 2.21. The summed E-state index contributed by atoms with van der Waals surface area (Å²) < 4.78 is 26.2. The Morgan fingerprint density at radius 1 is 1.19 bits per heavy atom. The van der Waals surface area contributed by atoms with Gasteiger partial charge in [0.15, 0.2) is 0 Å². The molecule has 0 fully saturated rings. The van der Waals surface area contributed by atoms with Crippen molar-refractivity contribution in [2.45, 2.75) is 0 Å². The number of nitro benzene ring substituents is 1. The average molecular weight is 313 g/mol. The molecule has 0 spiro atoms. The van der Waals surface area contributed by atoms with Gasteiger partial charge < -0.3 is 5.32 Å². The number of carbonyl (C=O) groups excluding carboxylic acids is 1. The Bertz CT molecular complexity index is 737. The van der Waals surface area contributed by atoms with Crippen molar-refractivity contribution in [3.05, 3.63) is 68.7 Å². The van der Waals surface area contributed by atoms with Crippen molar-refractivity contribution in [1.82, 2.24) is 0 Å². The zero-order valence-electron chi connectivity index (χ0n) is 10.3. The predicted molar refractivity (Wildman–Crippen MR) is 72.4 cm³/mol. The zero-order chi connectivity index (χ0) is 15.6. The molecular formula is C13H7ClF2N2O3. The van der Waals surface area contributed by atoms with Crippen LogP contribution >= 0.6 is 11.6 Å². The number of nitrogens with zero attached hydrogens (tertiary/aromatic N) is 1. The van der Waals surface area contributed by atoms with E-state index < -0.39 is 28.2 Å². The number of rotatable bonds is 3. The number of benzene rings is 2. The molecule has 1 amide bonds. The molecule has 0 bridgehead atoms. The van der Waals surface area contributed by atoms with E-state index in [-0.39, 0.29) is 16.3 Å². The molecule has 0 radical (unpaired) electrons. The van der Waals surface area contributed by atoms with Gasteiger partial charge in [-0.15, -0.1) is 0 Å². The van der Waals surface area contributed by atoms with Crippen molar-refractivity contribution < 1.29 is 18.5 Å². The van der Waals surface area contributed by atoms with E-state index in [0.29, 0.717) is 6.07 Å². The Morgan fingerprint density at radius 3 is 2.52 bits per heavy atom. The highest BCUT2D eigenvalue weighted by Crippen LogP contribution is 2.24. The minimum atomic E-state index is -0.993. The number of anilines is 1. The molecule has 0 aliphatic carbocycles. The van der Waals surface area contributed by atoms with Crippen LogP contribution in [0.1, 0.15) is 10.4 Å². The lowest BCUT2D eigenvalue weighted by molar-refractivity contribution is -0.385. The first-order valence-electron chi connectivity index (χ1n) is 5.59. The van der Waals surface area contributed by atoms with Crippen LogP contribution < -0.4 is 5.32 Å². The number of nitrogens with one attached hydrogen (secondary N) is 1. The third kappa shape index (κ3) is 3.32. The highest BCUT2D eigenvalue weighted by molar-refractivity contribution is 6.31. The van der Waals surface area contributed by atoms with Crippen LogP contribution in [0.5, 0.6) is 0 Å². The van der Waals surface area contributed by atoms with Crippen molar-refractivity contribution in [2.24, 2.45) is 0 Å². The summed E-state index contributed by atoms with van der Waals surface area (Å²) >= 11 is 5.69. The second-order valence-corrected chi connectivity index (χ2v) is 4.43. The van der Waals surface area contributed by atoms with Gasteiger partial charge in [0.1, 0.15) is 17.2 Å². The SMILES string of the molecule is O=C(Nc1ccc(F)cc1F)c1cc(Cl)ccc1[N+](=O)[O-]. The Hall–Kier alpha value is -2.54. The molecule has 0 aromatic heterocycles. The summed E-state index contributed by atoms with van der Waals surface area (Å²) in [6.45, 7) is 0. The van der Waals surface area contributed by atoms with Gasteiger partial charge in [-0.2, -0.15) is 0 Å². The van der Waals surface area contributed by atoms with Gasteiger partial charge in [0.2, 0.25) is 0 Å². The first-order chi connectivity index (χ1) is 9.88. The van der Waals surface area contributed by atoms with Gasteiger partial charge in [0, 0.05) is 17.2 Å². The summed E-state index contributed by atoms with van der Waals surface area (Å²) in [7, 11) is 0. The van der Waals surface area contributed by atoms with E-state index in [1.54, 1.807) is 0 Å². The molecule has 0 saturated heterocycles. The Labute approximate surface area is 122 Å². The average Bonchev–Trinajstić information content (AvgIpc) is 2.41. The third-order valence-corrected chi connectivity index (χ3v) is 2.81. The fourth-order valence-corrected chi connectivity index (χ4v) is 1.80. The number of hydrogen-bond acceptors (Lipinski definition) is 3. The first kappa shape index (κ1) is 14.9. The monoisotopic (exact) mass is 312 g/mol. The van der Waals surface area contributed by atoms with E-state index in [0.717, 1.165) is 24.3 Å². The molecule has 2 aromatic rings. The molecular weight excluding hydrogens is 306 g/mol. The summed E-state index contributed by atoms with van der Waals surface area (Å²) in [4.78, 5) is 22.1. The lowest BCUT2D eigenvalue weighted by Crippen LogP contribution is -2.15. The van der Waals surface area contributed by atoms with Crippen LogP contribution in [0, 0.1) is 21.7 Å². The maximum atomic E-state index is 13.5. The molecule has 0 saturated carbocycles. The molecule has 8 heteroatoms. The number of amides is 1. The maximum Gasteiger partial charge on any atom is 0.282 e. The Kier molecular flexibility index (Phi) is 4.13. The van der Waals surface area contributed by atoms with Crippen LogP contribution in [0.15, 0.2) is 36.4 Å². The maximum absolute atomic E-state index is 13.5. The van der Waals surface area contributed by atoms with Crippen molar-refractivity contribution in [2.75, 3.05) is 5.32 Å². The number of hydrogen-bond donors (Lipinski definition) is 1. The number of halogens is 3. The van der Waals surface area contributed by atoms with E-state index in [9.17, 15) is 23.7 Å². The normalized spacial score (nSPS) is 10.2. The molecule has 5 nitrogen and oxygen atoms in total. The quantitative estimate of drug-likeness (QED) is 0.692. The van der Waals surface area contributed by atoms with Crippen LogP contribution in [0.25, 0.3) is 0 Å². The molecule has 21 heavy (non-hydrogen) atoms. The smallest absolute Gasteiger partial charge is 0.282 e. The lowest BCUT2D eigenvalue weighted by Gasteiger charge is -2.07. The summed E-state index contributed by atoms with van der Waals surface area (Å²) in [6, 6.07) is 5.97. The molecule has 108 valence electrons. The fraction of sp³-hybridized carbons (Fsp3) is 0. The van der Waals surface area contributed by atoms with Crippen LogP contribution in [0.4, 0.5) is 20.2 Å². The fourth-order valence-electron chi connectivity index (χ4n) is 1.63. The second kappa shape index (κ2) is 5.84. The summed E-state index contributed by atoms with van der Waals surface area (Å²) in [5.41, 5.74) is -1.09. The molecule has 0 aliphatic rings. The van der Waals surface area contributed by atoms with E-state index in [1.165, 1.54) is 6.07 Å². The third-order valence-electron chi connectivity index (χ3n) is 2.58. The van der Waals surface area contributed by atoms with Crippen molar-refractivity contribution >= 4 is 28.9 Å². The van der Waals surface area contributed by atoms with Gasteiger partial charge in [-0.1, -0.05) is 11.6 Å². The predicted octanol–water partition coefficient (Wildman–Crippen LogP) is 3.78. The zero-order valence-corrected chi connectivity index (χ0v) is 11.0. The van der Waals surface area contributed by atoms with Gasteiger partial charge in [-0.3, -0.25) is 14.9 Å². The van der Waals surface area contributed by atoms with Gasteiger partial charge >= 0.3 is 0 Å². The Morgan fingerprint density at radius 2 is 1.90 bits per heavy atom. The second-order valence-electron chi connectivity index (χ2n) is 4.00. The van der Waals surface area contributed by atoms with Crippen molar-refractivity contribution in [3.63, 3.8) is 0 Å². The van der Waals surface area contributed by atoms with Crippen LogP contribution in [0.2, 0.25) is 5.02 Å². The molecule has 0 unspecified atom stereocenters. The minimum absolute atomic E-state index is 0.116. The minimum Gasteiger partial charge on any atom is -0.319 e. The van der Waals surface area contributed by atoms with Gasteiger partial charge in [-0.05, 0) is 24.3 Å². The molecule has 1 N–H and O–H groups in total. The summed E-state index contributed by atoms with van der Waals surface area (Å²) in [6.07, 6.45) is 0. The standard InChI is InChI=1S/C13H7ClF2N2O3/c14-7-1-4-12(18(20)21)9(5-7)13(19)17-11-3-2-8(15)6-10(11)16/h1-6H,(H,17,19). The highest BCUT2D eigenvalue weighted by atomic mass is 35.5. The van der Waals surface area contributed by atoms with E-state index in [2.05, 4.69) is 5.32 Å². The molecule has 0 atom stereocenters. The largest absolute Gasteiger partial charge is 0.319 e. The molecule has 0 aliphatic heterocycles. The molecule has 2 rings (SSSR count). The van der Waals surface area contributed by atoms with Crippen LogP contribution in [0.3, 0.4) is 0 Å². The van der Waals surface area contributed by atoms with Gasteiger partial charge in [-0.25, -0.2) is 8.78 Å². The summed E-state index contributed by atoms with van der Waals surface area (Å²) in [5, 5.41) is 13.1. The van der Waals surface area contributed by atoms with Crippen molar-refractivity contribution in [3.8, 4) is 0 Å². The van der Waals surface area contributed by atoms with Crippen molar-refractivity contribution in [1.29, 1.82) is 0 Å². The Balaban J connectivity index is 2.36. The first-order valence-corrected chi connectivity index (χ1v) is 5.96. The van der Waals surface area contributed by atoms with Crippen LogP contribution in [-0.2, 0) is 0 Å². The lowest BCUT2D eigenvalue weighted by atomic mass is 10.1. The van der Waals surface area contributed by atoms with E-state index >= 15 is 0 Å². The summed E-state index contributed by atoms with van der Waals surface area (Å²) in [5.74, 6) is -2.72. The van der Waals surface area contributed by atoms with E-state index in [4.69, 9.17) is 11.6 Å². The molecule has 0 heterocycles. The van der Waals surface area contributed by atoms with Gasteiger partial charge in [0.05, 0.1) is 10.6 Å². The van der Waals surface area contributed by atoms with E-state index in [1.807, 2.05) is 0 Å². The number of carbonyl (C=O) groups is 1. The molecule has 2 aromatic carbocycles. The van der Waals surface area contributed by atoms with Crippen LogP contribution in [-0.4, -0.2) is 10.8 Å².